The van der Waals surface area contributed by atoms with Gasteiger partial charge in [0.05, 0.1) is 11.1 Å². The molecule has 0 bridgehead atoms. The number of ether oxygens (including phenoxy) is 1. The number of pyridine rings is 1. The molecule has 0 spiro atoms. The van der Waals surface area contributed by atoms with Gasteiger partial charge in [0.25, 0.3) is 6.43 Å². The Hall–Kier alpha value is -1.93. The lowest BCUT2D eigenvalue weighted by atomic mass is 10.1. The molecule has 0 fully saturated rings. The Morgan fingerprint density at radius 1 is 1.41 bits per heavy atom. The standard InChI is InChI=1S/C8H5F5N2O2/c9-6(10)3-1-15-7(14)5(4(3)2-16)17-8(11,12)13/h1-2,6H,(H2,14,15). The van der Waals surface area contributed by atoms with Gasteiger partial charge in [0.1, 0.15) is 0 Å². The second kappa shape index (κ2) is 4.52. The highest BCUT2D eigenvalue weighted by atomic mass is 19.4. The molecular formula is C8H5F5N2O2. The van der Waals surface area contributed by atoms with Crippen LogP contribution in [0.1, 0.15) is 22.3 Å². The molecule has 4 nitrogen and oxygen atoms in total. The van der Waals surface area contributed by atoms with E-state index in [1.165, 1.54) is 0 Å². The lowest BCUT2D eigenvalue weighted by Crippen LogP contribution is -2.20. The molecule has 0 unspecified atom stereocenters. The van der Waals surface area contributed by atoms with Gasteiger partial charge >= 0.3 is 6.36 Å². The summed E-state index contributed by atoms with van der Waals surface area (Å²) in [5.41, 5.74) is 3.09. The SMILES string of the molecule is Nc1ncc(C(F)F)c(C=O)c1OC(F)(F)F. The molecule has 0 amide bonds. The number of carbonyl (C=O) groups excluding carboxylic acids is 1. The molecule has 94 valence electrons. The largest absolute Gasteiger partial charge is 0.573 e. The van der Waals surface area contributed by atoms with Crippen molar-refractivity contribution in [3.05, 3.63) is 17.3 Å². The van der Waals surface area contributed by atoms with E-state index in [1.807, 2.05) is 0 Å². The highest BCUT2D eigenvalue weighted by Crippen LogP contribution is 2.34. The maximum Gasteiger partial charge on any atom is 0.573 e. The van der Waals surface area contributed by atoms with Crippen molar-refractivity contribution in [1.29, 1.82) is 0 Å². The van der Waals surface area contributed by atoms with Gasteiger partial charge in [-0.25, -0.2) is 13.8 Å². The summed E-state index contributed by atoms with van der Waals surface area (Å²) in [4.78, 5) is 13.6. The zero-order valence-corrected chi connectivity index (χ0v) is 7.96. The minimum atomic E-state index is -5.16. The van der Waals surface area contributed by atoms with Crippen LogP contribution < -0.4 is 10.5 Å². The van der Waals surface area contributed by atoms with Gasteiger partial charge < -0.3 is 10.5 Å². The molecule has 0 aliphatic rings. The molecule has 0 saturated carbocycles. The zero-order chi connectivity index (χ0) is 13.2. The van der Waals surface area contributed by atoms with E-state index < -0.39 is 35.5 Å². The van der Waals surface area contributed by atoms with Crippen LogP contribution in [0.2, 0.25) is 0 Å². The van der Waals surface area contributed by atoms with Crippen LogP contribution in [0, 0.1) is 0 Å². The minimum Gasteiger partial charge on any atom is -0.401 e. The van der Waals surface area contributed by atoms with Crippen molar-refractivity contribution in [1.82, 2.24) is 4.98 Å². The summed E-state index contributed by atoms with van der Waals surface area (Å²) < 4.78 is 64.0. The van der Waals surface area contributed by atoms with Crippen molar-refractivity contribution in [3.63, 3.8) is 0 Å². The number of halogens is 5. The molecule has 9 heteroatoms. The summed E-state index contributed by atoms with van der Waals surface area (Å²) in [6.07, 6.45) is -8.00. The first kappa shape index (κ1) is 13.1. The third kappa shape index (κ3) is 3.02. The quantitative estimate of drug-likeness (QED) is 0.665. The molecule has 0 atom stereocenters. The van der Waals surface area contributed by atoms with Gasteiger partial charge in [-0.3, -0.25) is 4.79 Å². The van der Waals surface area contributed by atoms with Crippen LogP contribution in [-0.2, 0) is 0 Å². The van der Waals surface area contributed by atoms with Gasteiger partial charge in [-0.2, -0.15) is 0 Å². The Morgan fingerprint density at radius 2 is 2.00 bits per heavy atom. The molecule has 0 aliphatic heterocycles. The van der Waals surface area contributed by atoms with Crippen molar-refractivity contribution in [2.24, 2.45) is 0 Å². The average molecular weight is 256 g/mol. The summed E-state index contributed by atoms with van der Waals surface area (Å²) in [7, 11) is 0. The summed E-state index contributed by atoms with van der Waals surface area (Å²) in [6.45, 7) is 0. The summed E-state index contributed by atoms with van der Waals surface area (Å²) >= 11 is 0. The highest BCUT2D eigenvalue weighted by Gasteiger charge is 2.34. The van der Waals surface area contributed by atoms with Crippen LogP contribution in [0.5, 0.6) is 5.75 Å². The van der Waals surface area contributed by atoms with Crippen LogP contribution >= 0.6 is 0 Å². The molecule has 0 aromatic carbocycles. The van der Waals surface area contributed by atoms with Crippen molar-refractivity contribution in [2.75, 3.05) is 5.73 Å². The predicted octanol–water partition coefficient (Wildman–Crippen LogP) is 2.31. The lowest BCUT2D eigenvalue weighted by molar-refractivity contribution is -0.274. The number of nitrogens with two attached hydrogens (primary N) is 1. The second-order valence-electron chi connectivity index (χ2n) is 2.81. The predicted molar refractivity (Wildman–Crippen MR) is 45.7 cm³/mol. The molecule has 2 N–H and O–H groups in total. The van der Waals surface area contributed by atoms with Gasteiger partial charge in [0, 0.05) is 6.20 Å². The Balaban J connectivity index is 3.36. The van der Waals surface area contributed by atoms with Crippen LogP contribution in [-0.4, -0.2) is 17.6 Å². The van der Waals surface area contributed by atoms with E-state index >= 15 is 0 Å². The maximum atomic E-state index is 12.4. The molecule has 1 heterocycles. The zero-order valence-electron chi connectivity index (χ0n) is 7.96. The number of aldehydes is 1. The molecule has 17 heavy (non-hydrogen) atoms. The molecular weight excluding hydrogens is 251 g/mol. The fourth-order valence-corrected chi connectivity index (χ4v) is 1.05. The van der Waals surface area contributed by atoms with Gasteiger partial charge in [0.2, 0.25) is 0 Å². The smallest absolute Gasteiger partial charge is 0.401 e. The van der Waals surface area contributed by atoms with E-state index in [1.54, 1.807) is 0 Å². The Morgan fingerprint density at radius 3 is 2.41 bits per heavy atom. The number of nitrogens with zero attached hydrogens (tertiary/aromatic N) is 1. The Kier molecular flexibility index (Phi) is 3.49. The number of hydrogen-bond donors (Lipinski definition) is 1. The summed E-state index contributed by atoms with van der Waals surface area (Å²) in [6, 6.07) is 0. The number of rotatable bonds is 3. The van der Waals surface area contributed by atoms with E-state index in [4.69, 9.17) is 5.73 Å². The fourth-order valence-electron chi connectivity index (χ4n) is 1.05. The monoisotopic (exact) mass is 256 g/mol. The maximum absolute atomic E-state index is 12.4. The van der Waals surface area contributed by atoms with E-state index in [2.05, 4.69) is 9.72 Å². The number of alkyl halides is 5. The van der Waals surface area contributed by atoms with Crippen molar-refractivity contribution in [3.8, 4) is 5.75 Å². The number of hydrogen-bond acceptors (Lipinski definition) is 4. The summed E-state index contributed by atoms with van der Waals surface area (Å²) in [5, 5.41) is 0. The normalized spacial score (nSPS) is 11.6. The highest BCUT2D eigenvalue weighted by molar-refractivity contribution is 5.84. The third-order valence-corrected chi connectivity index (χ3v) is 1.70. The van der Waals surface area contributed by atoms with Gasteiger partial charge in [0.15, 0.2) is 17.9 Å². The Bertz CT molecular complexity index is 433. The van der Waals surface area contributed by atoms with Crippen molar-refractivity contribution in [2.45, 2.75) is 12.8 Å². The van der Waals surface area contributed by atoms with E-state index in [-0.39, 0.29) is 6.29 Å². The fraction of sp³-hybridized carbons (Fsp3) is 0.250. The molecule has 0 saturated heterocycles. The average Bonchev–Trinajstić information content (AvgIpc) is 2.18. The number of anilines is 1. The third-order valence-electron chi connectivity index (χ3n) is 1.70. The van der Waals surface area contributed by atoms with Gasteiger partial charge in [-0.15, -0.1) is 13.2 Å². The van der Waals surface area contributed by atoms with Crippen LogP contribution in [0.15, 0.2) is 6.20 Å². The second-order valence-corrected chi connectivity index (χ2v) is 2.81. The molecule has 0 radical (unpaired) electrons. The first-order valence-corrected chi connectivity index (χ1v) is 4.03. The van der Waals surface area contributed by atoms with E-state index in [9.17, 15) is 26.7 Å². The molecule has 1 rings (SSSR count). The molecule has 0 aliphatic carbocycles. The number of carbonyl (C=O) groups is 1. The van der Waals surface area contributed by atoms with Crippen LogP contribution in [0.25, 0.3) is 0 Å². The number of nitrogen functional groups attached to an aromatic ring is 1. The molecule has 1 aromatic rings. The van der Waals surface area contributed by atoms with E-state index in [0.29, 0.717) is 6.20 Å². The Labute approximate surface area is 91.2 Å². The van der Waals surface area contributed by atoms with Crippen molar-refractivity contribution >= 4 is 12.1 Å². The first-order valence-electron chi connectivity index (χ1n) is 4.03. The number of aromatic nitrogens is 1. The first-order chi connectivity index (χ1) is 7.76. The summed E-state index contributed by atoms with van der Waals surface area (Å²) in [5.74, 6) is -2.01. The molecule has 1 aromatic heterocycles. The van der Waals surface area contributed by atoms with E-state index in [0.717, 1.165) is 0 Å². The van der Waals surface area contributed by atoms with Crippen molar-refractivity contribution < 1.29 is 31.5 Å². The topological polar surface area (TPSA) is 65.2 Å². The van der Waals surface area contributed by atoms with Gasteiger partial charge in [-0.1, -0.05) is 0 Å². The van der Waals surface area contributed by atoms with Crippen LogP contribution in [0.4, 0.5) is 27.8 Å². The van der Waals surface area contributed by atoms with Crippen LogP contribution in [0.3, 0.4) is 0 Å². The van der Waals surface area contributed by atoms with Gasteiger partial charge in [-0.05, 0) is 0 Å². The lowest BCUT2D eigenvalue weighted by Gasteiger charge is -2.14. The minimum absolute atomic E-state index is 0.194.